The van der Waals surface area contributed by atoms with E-state index in [4.69, 9.17) is 5.11 Å². The number of fused-ring (bicyclic) bond motifs is 1. The number of piperidine rings is 1. The lowest BCUT2D eigenvalue weighted by Gasteiger charge is -2.14. The van der Waals surface area contributed by atoms with E-state index in [9.17, 15) is 9.59 Å². The van der Waals surface area contributed by atoms with Crippen molar-refractivity contribution in [2.45, 2.75) is 13.3 Å². The molecule has 1 saturated carbocycles. The molecule has 1 aliphatic heterocycles. The quantitative estimate of drug-likeness (QED) is 0.689. The summed E-state index contributed by atoms with van der Waals surface area (Å²) in [7, 11) is 0. The molecule has 0 aromatic carbocycles. The molecular formula is C9H13NO3. The van der Waals surface area contributed by atoms with Gasteiger partial charge in [0.1, 0.15) is 5.78 Å². The lowest BCUT2D eigenvalue weighted by atomic mass is 10.1. The topological polar surface area (TPSA) is 57.6 Å². The van der Waals surface area contributed by atoms with Gasteiger partial charge in [-0.15, -0.1) is 0 Å². The summed E-state index contributed by atoms with van der Waals surface area (Å²) in [5, 5.41) is 8.67. The predicted molar refractivity (Wildman–Crippen MR) is 45.4 cm³/mol. The summed E-state index contributed by atoms with van der Waals surface area (Å²) < 4.78 is 0. The molecule has 0 radical (unpaired) electrons. The maximum atomic E-state index is 11.3. The molecule has 2 fully saturated rings. The van der Waals surface area contributed by atoms with Crippen LogP contribution in [-0.4, -0.2) is 35.0 Å². The van der Waals surface area contributed by atoms with Crippen molar-refractivity contribution in [2.75, 3.05) is 13.1 Å². The molecule has 0 bridgehead atoms. The van der Waals surface area contributed by atoms with Crippen molar-refractivity contribution in [3.8, 4) is 0 Å². The number of hydrogen-bond acceptors (Lipinski definition) is 2. The summed E-state index contributed by atoms with van der Waals surface area (Å²) in [5.74, 6) is 1.16. The summed E-state index contributed by atoms with van der Waals surface area (Å²) in [6.07, 6.45) is -0.264. The lowest BCUT2D eigenvalue weighted by molar-refractivity contribution is -0.120. The van der Waals surface area contributed by atoms with Gasteiger partial charge < -0.3 is 10.0 Å². The fourth-order valence-corrected chi connectivity index (χ4v) is 2.40. The highest BCUT2D eigenvalue weighted by atomic mass is 16.4. The molecule has 1 saturated heterocycles. The molecule has 0 aromatic heterocycles. The molecule has 0 aromatic rings. The molecule has 1 heterocycles. The van der Waals surface area contributed by atoms with Gasteiger partial charge in [-0.25, -0.2) is 4.79 Å². The van der Waals surface area contributed by atoms with Gasteiger partial charge in [0.2, 0.25) is 0 Å². The van der Waals surface area contributed by atoms with Crippen molar-refractivity contribution < 1.29 is 14.7 Å². The summed E-state index contributed by atoms with van der Waals surface area (Å²) in [6, 6.07) is 0. The van der Waals surface area contributed by atoms with E-state index in [-0.39, 0.29) is 5.92 Å². The number of amides is 1. The highest BCUT2D eigenvalue weighted by molar-refractivity contribution is 5.84. The van der Waals surface area contributed by atoms with Crippen molar-refractivity contribution in [3.63, 3.8) is 0 Å². The fourth-order valence-electron chi connectivity index (χ4n) is 2.40. The van der Waals surface area contributed by atoms with E-state index < -0.39 is 6.09 Å². The molecule has 13 heavy (non-hydrogen) atoms. The number of Topliss-reactive ketones (excluding diaryl/α,β-unsaturated/α-hetero) is 1. The Morgan fingerprint density at radius 2 is 1.92 bits per heavy atom. The second-order valence-corrected chi connectivity index (χ2v) is 3.86. The van der Waals surface area contributed by atoms with Gasteiger partial charge in [-0.2, -0.15) is 0 Å². The van der Waals surface area contributed by atoms with Crippen LogP contribution in [0.15, 0.2) is 0 Å². The molecule has 72 valence electrons. The molecule has 4 heteroatoms. The first kappa shape index (κ1) is 8.53. The van der Waals surface area contributed by atoms with E-state index in [1.807, 2.05) is 6.92 Å². The molecule has 1 aliphatic carbocycles. The van der Waals surface area contributed by atoms with Crippen LogP contribution < -0.4 is 0 Å². The highest BCUT2D eigenvalue weighted by Crippen LogP contribution is 2.52. The van der Waals surface area contributed by atoms with Gasteiger partial charge in [0.15, 0.2) is 0 Å². The van der Waals surface area contributed by atoms with Crippen LogP contribution in [0.3, 0.4) is 0 Å². The number of nitrogens with zero attached hydrogens (tertiary/aromatic N) is 1. The third-order valence-electron chi connectivity index (χ3n) is 3.18. The zero-order chi connectivity index (χ0) is 9.59. The predicted octanol–water partition coefficient (Wildman–Crippen LogP) is 0.821. The van der Waals surface area contributed by atoms with Crippen LogP contribution in [0.4, 0.5) is 4.79 Å². The van der Waals surface area contributed by atoms with Crippen LogP contribution in [0.1, 0.15) is 13.3 Å². The van der Waals surface area contributed by atoms with Crippen molar-refractivity contribution in [3.05, 3.63) is 0 Å². The number of likely N-dealkylation sites (tertiary alicyclic amines) is 1. The largest absolute Gasteiger partial charge is 0.465 e. The minimum atomic E-state index is -0.852. The van der Waals surface area contributed by atoms with Gasteiger partial charge in [0, 0.05) is 25.4 Å². The molecule has 1 N–H and O–H groups in total. The van der Waals surface area contributed by atoms with E-state index in [0.717, 1.165) is 0 Å². The summed E-state index contributed by atoms with van der Waals surface area (Å²) >= 11 is 0. The average molecular weight is 183 g/mol. The Hall–Kier alpha value is -1.06. The second-order valence-electron chi connectivity index (χ2n) is 3.86. The van der Waals surface area contributed by atoms with Crippen LogP contribution >= 0.6 is 0 Å². The molecule has 2 aliphatic rings. The van der Waals surface area contributed by atoms with Crippen molar-refractivity contribution >= 4 is 11.9 Å². The van der Waals surface area contributed by atoms with Crippen molar-refractivity contribution in [1.82, 2.24) is 4.90 Å². The Kier molecular flexibility index (Phi) is 1.78. The molecule has 1 amide bonds. The van der Waals surface area contributed by atoms with E-state index in [0.29, 0.717) is 37.1 Å². The molecule has 2 rings (SSSR count). The Morgan fingerprint density at radius 1 is 1.38 bits per heavy atom. The van der Waals surface area contributed by atoms with Gasteiger partial charge in [-0.1, -0.05) is 6.92 Å². The first-order valence-corrected chi connectivity index (χ1v) is 4.65. The Labute approximate surface area is 76.5 Å². The van der Waals surface area contributed by atoms with E-state index in [2.05, 4.69) is 0 Å². The lowest BCUT2D eigenvalue weighted by Crippen LogP contribution is -2.30. The number of carboxylic acid groups (broad SMARTS) is 1. The van der Waals surface area contributed by atoms with Gasteiger partial charge >= 0.3 is 6.09 Å². The van der Waals surface area contributed by atoms with Gasteiger partial charge in [0.05, 0.1) is 0 Å². The monoisotopic (exact) mass is 183 g/mol. The number of carbonyl (C=O) groups excluding carboxylic acids is 1. The van der Waals surface area contributed by atoms with Crippen LogP contribution in [0.5, 0.6) is 0 Å². The van der Waals surface area contributed by atoms with E-state index in [1.165, 1.54) is 4.90 Å². The van der Waals surface area contributed by atoms with Gasteiger partial charge in [-0.3, -0.25) is 4.79 Å². The second kappa shape index (κ2) is 2.72. The van der Waals surface area contributed by atoms with Crippen LogP contribution in [0.2, 0.25) is 0 Å². The standard InChI is InChI=1S/C9H13NO3/c1-2-7(11)8-5-3-10(9(12)13)4-6(5)8/h5-6,8H,2-4H2,1H3,(H,12,13)/t5-,6?,8+/m0/s1. The molecular weight excluding hydrogens is 170 g/mol. The number of rotatable bonds is 2. The van der Waals surface area contributed by atoms with E-state index in [1.54, 1.807) is 0 Å². The number of carbonyl (C=O) groups is 2. The first-order chi connectivity index (χ1) is 6.15. The molecule has 0 spiro atoms. The maximum Gasteiger partial charge on any atom is 0.407 e. The summed E-state index contributed by atoms with van der Waals surface area (Å²) in [4.78, 5) is 23.3. The third kappa shape index (κ3) is 1.20. The normalized spacial score (nSPS) is 35.8. The first-order valence-electron chi connectivity index (χ1n) is 4.65. The number of ketones is 1. The zero-order valence-electron chi connectivity index (χ0n) is 7.56. The molecule has 3 atom stereocenters. The van der Waals surface area contributed by atoms with Crippen LogP contribution in [0, 0.1) is 17.8 Å². The fraction of sp³-hybridized carbons (Fsp3) is 0.778. The van der Waals surface area contributed by atoms with E-state index >= 15 is 0 Å². The van der Waals surface area contributed by atoms with Gasteiger partial charge in [0.25, 0.3) is 0 Å². The summed E-state index contributed by atoms with van der Waals surface area (Å²) in [6.45, 7) is 3.00. The minimum absolute atomic E-state index is 0.181. The highest BCUT2D eigenvalue weighted by Gasteiger charge is 2.59. The summed E-state index contributed by atoms with van der Waals surface area (Å²) in [5.41, 5.74) is 0. The minimum Gasteiger partial charge on any atom is -0.465 e. The zero-order valence-corrected chi connectivity index (χ0v) is 7.56. The average Bonchev–Trinajstić information content (AvgIpc) is 2.58. The van der Waals surface area contributed by atoms with Gasteiger partial charge in [-0.05, 0) is 11.8 Å². The van der Waals surface area contributed by atoms with Crippen molar-refractivity contribution in [2.24, 2.45) is 17.8 Å². The smallest absolute Gasteiger partial charge is 0.407 e. The van der Waals surface area contributed by atoms with Crippen LogP contribution in [-0.2, 0) is 4.79 Å². The van der Waals surface area contributed by atoms with Crippen molar-refractivity contribution in [1.29, 1.82) is 0 Å². The Balaban J connectivity index is 1.90. The Morgan fingerprint density at radius 3 is 2.31 bits per heavy atom. The van der Waals surface area contributed by atoms with Crippen LogP contribution in [0.25, 0.3) is 0 Å². The SMILES string of the molecule is CCC(=O)[C@H]1C2CN(C(=O)O)C[C@@H]21. The Bertz CT molecular complexity index is 252. The third-order valence-corrected chi connectivity index (χ3v) is 3.18. The molecule has 4 nitrogen and oxygen atoms in total. The maximum absolute atomic E-state index is 11.3. The molecule has 1 unspecified atom stereocenters. The number of hydrogen-bond donors (Lipinski definition) is 1.